The van der Waals surface area contributed by atoms with Crippen LogP contribution in [-0.4, -0.2) is 0 Å². The summed E-state index contributed by atoms with van der Waals surface area (Å²) in [4.78, 5) is 1.29. The molecule has 1 unspecified atom stereocenters. The largest absolute Gasteiger partial charge is 0.305 e. The van der Waals surface area contributed by atoms with Gasteiger partial charge in [-0.1, -0.05) is 29.3 Å². The van der Waals surface area contributed by atoms with Gasteiger partial charge in [-0.3, -0.25) is 0 Å². The number of halogens is 3. The fourth-order valence-electron chi connectivity index (χ4n) is 1.66. The van der Waals surface area contributed by atoms with Gasteiger partial charge in [-0.15, -0.1) is 11.3 Å². The van der Waals surface area contributed by atoms with Crippen LogP contribution in [0.2, 0.25) is 10.0 Å². The van der Waals surface area contributed by atoms with E-state index >= 15 is 0 Å². The fourth-order valence-corrected chi connectivity index (χ4v) is 3.67. The van der Waals surface area contributed by atoms with Crippen LogP contribution in [0.3, 0.4) is 0 Å². The van der Waals surface area contributed by atoms with E-state index in [1.165, 1.54) is 4.88 Å². The highest BCUT2D eigenvalue weighted by atomic mass is 79.9. The quantitative estimate of drug-likeness (QED) is 0.737. The standard InChI is InChI=1S/C13H12BrCl2NS/c1-8(11-4-2-9(15)6-12(11)16)17-7-10-3-5-13(14)18-10/h2-6,8,17H,7H2,1H3. The highest BCUT2D eigenvalue weighted by molar-refractivity contribution is 9.11. The van der Waals surface area contributed by atoms with E-state index in [-0.39, 0.29) is 6.04 Å². The lowest BCUT2D eigenvalue weighted by Crippen LogP contribution is -2.17. The summed E-state index contributed by atoms with van der Waals surface area (Å²) in [5.74, 6) is 0. The van der Waals surface area contributed by atoms with Crippen molar-refractivity contribution in [2.45, 2.75) is 19.5 Å². The average molecular weight is 365 g/mol. The lowest BCUT2D eigenvalue weighted by atomic mass is 10.1. The molecule has 1 nitrogen and oxygen atoms in total. The number of hydrogen-bond acceptors (Lipinski definition) is 2. The molecule has 0 bridgehead atoms. The molecule has 1 atom stereocenters. The second-order valence-electron chi connectivity index (χ2n) is 3.97. The summed E-state index contributed by atoms with van der Waals surface area (Å²) in [5, 5.41) is 4.82. The first-order valence-electron chi connectivity index (χ1n) is 5.49. The first-order valence-corrected chi connectivity index (χ1v) is 7.85. The van der Waals surface area contributed by atoms with Gasteiger partial charge in [0.2, 0.25) is 0 Å². The van der Waals surface area contributed by atoms with E-state index in [1.807, 2.05) is 12.1 Å². The second kappa shape index (κ2) is 6.40. The Balaban J connectivity index is 2.01. The normalized spacial score (nSPS) is 12.7. The molecule has 1 N–H and O–H groups in total. The zero-order valence-corrected chi connectivity index (χ0v) is 13.6. The van der Waals surface area contributed by atoms with Crippen LogP contribution in [0.1, 0.15) is 23.4 Å². The molecule has 96 valence electrons. The summed E-state index contributed by atoms with van der Waals surface area (Å²) in [6.45, 7) is 2.92. The molecule has 0 amide bonds. The summed E-state index contributed by atoms with van der Waals surface area (Å²) in [7, 11) is 0. The molecule has 0 saturated heterocycles. The smallest absolute Gasteiger partial charge is 0.0701 e. The van der Waals surface area contributed by atoms with Crippen molar-refractivity contribution in [1.29, 1.82) is 0 Å². The van der Waals surface area contributed by atoms with Crippen LogP contribution in [-0.2, 0) is 6.54 Å². The molecule has 0 saturated carbocycles. The van der Waals surface area contributed by atoms with Gasteiger partial charge < -0.3 is 5.32 Å². The Labute approximate surface area is 129 Å². The number of benzene rings is 1. The lowest BCUT2D eigenvalue weighted by molar-refractivity contribution is 0.579. The third-order valence-corrected chi connectivity index (χ3v) is 4.83. The Morgan fingerprint density at radius 3 is 2.67 bits per heavy atom. The van der Waals surface area contributed by atoms with Gasteiger partial charge in [0.1, 0.15) is 0 Å². The van der Waals surface area contributed by atoms with Crippen molar-refractivity contribution in [2.75, 3.05) is 0 Å². The van der Waals surface area contributed by atoms with E-state index in [9.17, 15) is 0 Å². The first kappa shape index (κ1) is 14.4. The topological polar surface area (TPSA) is 12.0 Å². The number of nitrogens with one attached hydrogen (secondary N) is 1. The third kappa shape index (κ3) is 3.72. The molecule has 0 radical (unpaired) electrons. The van der Waals surface area contributed by atoms with Gasteiger partial charge in [-0.25, -0.2) is 0 Å². The van der Waals surface area contributed by atoms with E-state index in [2.05, 4.69) is 40.3 Å². The third-order valence-electron chi connectivity index (χ3n) is 2.64. The molecule has 1 aromatic heterocycles. The van der Waals surface area contributed by atoms with Gasteiger partial charge in [-0.2, -0.15) is 0 Å². The van der Waals surface area contributed by atoms with Crippen LogP contribution in [0, 0.1) is 0 Å². The van der Waals surface area contributed by atoms with Gasteiger partial charge in [0.15, 0.2) is 0 Å². The van der Waals surface area contributed by atoms with Crippen molar-refractivity contribution in [3.8, 4) is 0 Å². The van der Waals surface area contributed by atoms with Gasteiger partial charge in [0, 0.05) is 27.5 Å². The van der Waals surface area contributed by atoms with Crippen molar-refractivity contribution in [3.63, 3.8) is 0 Å². The van der Waals surface area contributed by atoms with Gasteiger partial charge in [0.05, 0.1) is 3.79 Å². The predicted octanol–water partition coefficient (Wildman–Crippen LogP) is 5.67. The van der Waals surface area contributed by atoms with Crippen LogP contribution in [0.25, 0.3) is 0 Å². The second-order valence-corrected chi connectivity index (χ2v) is 7.37. The maximum Gasteiger partial charge on any atom is 0.0701 e. The van der Waals surface area contributed by atoms with Crippen molar-refractivity contribution >= 4 is 50.5 Å². The van der Waals surface area contributed by atoms with Crippen LogP contribution >= 0.6 is 50.5 Å². The minimum Gasteiger partial charge on any atom is -0.305 e. The van der Waals surface area contributed by atoms with E-state index in [4.69, 9.17) is 23.2 Å². The number of hydrogen-bond donors (Lipinski definition) is 1. The number of thiophene rings is 1. The maximum atomic E-state index is 6.18. The molecular formula is C13H12BrCl2NS. The summed E-state index contributed by atoms with van der Waals surface area (Å²) < 4.78 is 1.15. The molecule has 0 aliphatic carbocycles. The highest BCUT2D eigenvalue weighted by Gasteiger charge is 2.10. The van der Waals surface area contributed by atoms with Gasteiger partial charge in [0.25, 0.3) is 0 Å². The molecule has 0 spiro atoms. The predicted molar refractivity (Wildman–Crippen MR) is 83.7 cm³/mol. The van der Waals surface area contributed by atoms with Crippen molar-refractivity contribution in [2.24, 2.45) is 0 Å². The lowest BCUT2D eigenvalue weighted by Gasteiger charge is -2.15. The zero-order valence-electron chi connectivity index (χ0n) is 9.71. The van der Waals surface area contributed by atoms with E-state index in [0.29, 0.717) is 10.0 Å². The molecule has 18 heavy (non-hydrogen) atoms. The molecule has 0 fully saturated rings. The molecular weight excluding hydrogens is 353 g/mol. The number of rotatable bonds is 4. The van der Waals surface area contributed by atoms with Gasteiger partial charge >= 0.3 is 0 Å². The Kier molecular flexibility index (Phi) is 5.10. The summed E-state index contributed by atoms with van der Waals surface area (Å²) in [6, 6.07) is 9.96. The van der Waals surface area contributed by atoms with Crippen molar-refractivity contribution in [1.82, 2.24) is 5.32 Å². The monoisotopic (exact) mass is 363 g/mol. The Morgan fingerprint density at radius 1 is 1.28 bits per heavy atom. The van der Waals surface area contributed by atoms with Crippen molar-refractivity contribution < 1.29 is 0 Å². The summed E-state index contributed by atoms with van der Waals surface area (Å²) in [5.41, 5.74) is 1.07. The van der Waals surface area contributed by atoms with E-state index in [1.54, 1.807) is 17.4 Å². The van der Waals surface area contributed by atoms with Crippen molar-refractivity contribution in [3.05, 3.63) is 54.6 Å². The van der Waals surface area contributed by atoms with E-state index in [0.717, 1.165) is 15.9 Å². The molecule has 0 aliphatic heterocycles. The van der Waals surface area contributed by atoms with Crippen LogP contribution in [0.4, 0.5) is 0 Å². The SMILES string of the molecule is CC(NCc1ccc(Br)s1)c1ccc(Cl)cc1Cl. The van der Waals surface area contributed by atoms with Crippen LogP contribution in [0.15, 0.2) is 34.1 Å². The summed E-state index contributed by atoms with van der Waals surface area (Å²) >= 11 is 17.3. The molecule has 2 aromatic rings. The van der Waals surface area contributed by atoms with Gasteiger partial charge in [-0.05, 0) is 52.7 Å². The maximum absolute atomic E-state index is 6.18. The first-order chi connectivity index (χ1) is 8.56. The minimum absolute atomic E-state index is 0.190. The molecule has 1 heterocycles. The Hall–Kier alpha value is -0.0600. The zero-order chi connectivity index (χ0) is 13.1. The molecule has 2 rings (SSSR count). The average Bonchev–Trinajstić information content (AvgIpc) is 2.72. The molecule has 5 heteroatoms. The molecule has 1 aromatic carbocycles. The highest BCUT2D eigenvalue weighted by Crippen LogP contribution is 2.27. The molecule has 0 aliphatic rings. The van der Waals surface area contributed by atoms with Crippen LogP contribution < -0.4 is 5.32 Å². The fraction of sp³-hybridized carbons (Fsp3) is 0.231. The summed E-state index contributed by atoms with van der Waals surface area (Å²) in [6.07, 6.45) is 0. The van der Waals surface area contributed by atoms with Crippen LogP contribution in [0.5, 0.6) is 0 Å². The Morgan fingerprint density at radius 2 is 2.06 bits per heavy atom. The van der Waals surface area contributed by atoms with E-state index < -0.39 is 0 Å². The minimum atomic E-state index is 0.190. The Bertz CT molecular complexity index is 542.